The molecular formula is C15H25N3O. The van der Waals surface area contributed by atoms with Crippen LogP contribution in [-0.4, -0.2) is 12.1 Å². The second kappa shape index (κ2) is 7.79. The predicted octanol–water partition coefficient (Wildman–Crippen LogP) is 3.09. The van der Waals surface area contributed by atoms with E-state index in [0.29, 0.717) is 12.5 Å². The van der Waals surface area contributed by atoms with E-state index in [0.717, 1.165) is 24.1 Å². The number of carbonyl (C=O) groups excluding carboxylic acids is 1. The van der Waals surface area contributed by atoms with Gasteiger partial charge in [0, 0.05) is 18.3 Å². The molecule has 0 aliphatic heterocycles. The van der Waals surface area contributed by atoms with Gasteiger partial charge in [-0.15, -0.1) is 0 Å². The molecule has 0 saturated heterocycles. The molecule has 1 aromatic rings. The van der Waals surface area contributed by atoms with Crippen LogP contribution in [0, 0.1) is 5.92 Å². The van der Waals surface area contributed by atoms with E-state index in [1.807, 2.05) is 31.2 Å². The molecule has 0 aromatic heterocycles. The summed E-state index contributed by atoms with van der Waals surface area (Å²) in [6.45, 7) is 6.87. The molecule has 0 bridgehead atoms. The van der Waals surface area contributed by atoms with Gasteiger partial charge < -0.3 is 16.4 Å². The first-order valence-corrected chi connectivity index (χ1v) is 6.87. The van der Waals surface area contributed by atoms with Crippen LogP contribution in [0.2, 0.25) is 0 Å². The molecule has 0 radical (unpaired) electrons. The summed E-state index contributed by atoms with van der Waals surface area (Å²) in [6.07, 6.45) is 2.11. The number of nitrogens with one attached hydrogen (secondary N) is 2. The fourth-order valence-electron chi connectivity index (χ4n) is 1.82. The Kier molecular flexibility index (Phi) is 6.36. The number of carbonyl (C=O) groups is 1. The number of benzene rings is 1. The molecule has 0 spiro atoms. The zero-order valence-electron chi connectivity index (χ0n) is 12.1. The number of rotatable bonds is 6. The van der Waals surface area contributed by atoms with Gasteiger partial charge in [-0.2, -0.15) is 0 Å². The maximum atomic E-state index is 11.8. The monoisotopic (exact) mass is 263 g/mol. The van der Waals surface area contributed by atoms with Crippen LogP contribution in [0.15, 0.2) is 24.3 Å². The Bertz CT molecular complexity index is 404. The summed E-state index contributed by atoms with van der Waals surface area (Å²) >= 11 is 0. The standard InChI is InChI=1S/C15H25N3O/c1-11(2)7-8-12(3)17-15(19)18-14-6-4-5-13(9-14)10-16/h4-6,9,11-12H,7-8,10,16H2,1-3H3,(H2,17,18,19). The largest absolute Gasteiger partial charge is 0.335 e. The Morgan fingerprint density at radius 3 is 2.63 bits per heavy atom. The van der Waals surface area contributed by atoms with E-state index in [1.165, 1.54) is 0 Å². The van der Waals surface area contributed by atoms with E-state index < -0.39 is 0 Å². The van der Waals surface area contributed by atoms with Crippen molar-refractivity contribution in [3.05, 3.63) is 29.8 Å². The summed E-state index contributed by atoms with van der Waals surface area (Å²) < 4.78 is 0. The first kappa shape index (κ1) is 15.5. The van der Waals surface area contributed by atoms with Crippen LogP contribution in [-0.2, 0) is 6.54 Å². The van der Waals surface area contributed by atoms with Gasteiger partial charge in [0.15, 0.2) is 0 Å². The number of anilines is 1. The molecule has 1 unspecified atom stereocenters. The van der Waals surface area contributed by atoms with Crippen molar-refractivity contribution < 1.29 is 4.79 Å². The van der Waals surface area contributed by atoms with Crippen molar-refractivity contribution in [3.63, 3.8) is 0 Å². The maximum absolute atomic E-state index is 11.8. The van der Waals surface area contributed by atoms with Gasteiger partial charge in [0.25, 0.3) is 0 Å². The van der Waals surface area contributed by atoms with Crippen LogP contribution in [0.25, 0.3) is 0 Å². The number of hydrogen-bond donors (Lipinski definition) is 3. The van der Waals surface area contributed by atoms with Gasteiger partial charge in [0.05, 0.1) is 0 Å². The third kappa shape index (κ3) is 6.25. The lowest BCUT2D eigenvalue weighted by molar-refractivity contribution is 0.248. The van der Waals surface area contributed by atoms with E-state index in [-0.39, 0.29) is 12.1 Å². The summed E-state index contributed by atoms with van der Waals surface area (Å²) in [7, 11) is 0. The van der Waals surface area contributed by atoms with Gasteiger partial charge in [-0.25, -0.2) is 4.79 Å². The number of hydrogen-bond acceptors (Lipinski definition) is 2. The second-order valence-electron chi connectivity index (χ2n) is 5.38. The molecule has 0 saturated carbocycles. The minimum atomic E-state index is -0.162. The third-order valence-electron chi connectivity index (χ3n) is 2.98. The highest BCUT2D eigenvalue weighted by atomic mass is 16.2. The lowest BCUT2D eigenvalue weighted by atomic mass is 10.0. The minimum Gasteiger partial charge on any atom is -0.335 e. The molecule has 1 rings (SSSR count). The fraction of sp³-hybridized carbons (Fsp3) is 0.533. The van der Waals surface area contributed by atoms with Crippen molar-refractivity contribution in [2.75, 3.05) is 5.32 Å². The van der Waals surface area contributed by atoms with Gasteiger partial charge in [0.2, 0.25) is 0 Å². The first-order valence-electron chi connectivity index (χ1n) is 6.87. The highest BCUT2D eigenvalue weighted by molar-refractivity contribution is 5.89. The quantitative estimate of drug-likeness (QED) is 0.738. The Balaban J connectivity index is 2.41. The zero-order valence-corrected chi connectivity index (χ0v) is 12.1. The molecule has 0 fully saturated rings. The molecule has 0 heterocycles. The highest BCUT2D eigenvalue weighted by Crippen LogP contribution is 2.10. The van der Waals surface area contributed by atoms with Crippen molar-refractivity contribution in [3.8, 4) is 0 Å². The molecular weight excluding hydrogens is 238 g/mol. The van der Waals surface area contributed by atoms with Crippen molar-refractivity contribution in [1.29, 1.82) is 0 Å². The minimum absolute atomic E-state index is 0.162. The SMILES string of the molecule is CC(C)CCC(C)NC(=O)Nc1cccc(CN)c1. The normalized spacial score (nSPS) is 12.3. The summed E-state index contributed by atoms with van der Waals surface area (Å²) in [5.41, 5.74) is 7.35. The van der Waals surface area contributed by atoms with E-state index in [1.54, 1.807) is 0 Å². The first-order chi connectivity index (χ1) is 9.01. The van der Waals surface area contributed by atoms with Crippen molar-refractivity contribution in [2.45, 2.75) is 46.2 Å². The third-order valence-corrected chi connectivity index (χ3v) is 2.98. The zero-order chi connectivity index (χ0) is 14.3. The second-order valence-corrected chi connectivity index (χ2v) is 5.38. The Labute approximate surface area is 115 Å². The van der Waals surface area contributed by atoms with Crippen LogP contribution in [0.4, 0.5) is 10.5 Å². The van der Waals surface area contributed by atoms with Gasteiger partial charge in [-0.1, -0.05) is 26.0 Å². The lowest BCUT2D eigenvalue weighted by Gasteiger charge is -2.16. The highest BCUT2D eigenvalue weighted by Gasteiger charge is 2.08. The van der Waals surface area contributed by atoms with Gasteiger partial charge >= 0.3 is 6.03 Å². The lowest BCUT2D eigenvalue weighted by Crippen LogP contribution is -2.36. The number of urea groups is 1. The van der Waals surface area contributed by atoms with Crippen LogP contribution in [0.1, 0.15) is 39.2 Å². The van der Waals surface area contributed by atoms with E-state index in [4.69, 9.17) is 5.73 Å². The Morgan fingerprint density at radius 2 is 2.00 bits per heavy atom. The molecule has 106 valence electrons. The fourth-order valence-corrected chi connectivity index (χ4v) is 1.82. The summed E-state index contributed by atoms with van der Waals surface area (Å²) in [5, 5.41) is 5.77. The number of nitrogens with two attached hydrogens (primary N) is 1. The average Bonchev–Trinajstić information content (AvgIpc) is 2.36. The Hall–Kier alpha value is -1.55. The maximum Gasteiger partial charge on any atom is 0.319 e. The molecule has 4 nitrogen and oxygen atoms in total. The molecule has 1 aromatic carbocycles. The van der Waals surface area contributed by atoms with Crippen molar-refractivity contribution >= 4 is 11.7 Å². The topological polar surface area (TPSA) is 67.2 Å². The summed E-state index contributed by atoms with van der Waals surface area (Å²) in [4.78, 5) is 11.8. The van der Waals surface area contributed by atoms with Crippen LogP contribution >= 0.6 is 0 Å². The van der Waals surface area contributed by atoms with Crippen LogP contribution < -0.4 is 16.4 Å². The van der Waals surface area contributed by atoms with E-state index >= 15 is 0 Å². The smallest absolute Gasteiger partial charge is 0.319 e. The van der Waals surface area contributed by atoms with Gasteiger partial charge in [-0.05, 0) is 43.4 Å². The van der Waals surface area contributed by atoms with Crippen LogP contribution in [0.3, 0.4) is 0 Å². The Morgan fingerprint density at radius 1 is 1.26 bits per heavy atom. The number of amides is 2. The molecule has 4 N–H and O–H groups in total. The van der Waals surface area contributed by atoms with Gasteiger partial charge in [0.1, 0.15) is 0 Å². The molecule has 1 atom stereocenters. The van der Waals surface area contributed by atoms with E-state index in [9.17, 15) is 4.79 Å². The molecule has 19 heavy (non-hydrogen) atoms. The molecule has 0 aliphatic carbocycles. The summed E-state index contributed by atoms with van der Waals surface area (Å²) in [6, 6.07) is 7.59. The van der Waals surface area contributed by atoms with Crippen molar-refractivity contribution in [1.82, 2.24) is 5.32 Å². The van der Waals surface area contributed by atoms with Crippen LogP contribution in [0.5, 0.6) is 0 Å². The predicted molar refractivity (Wildman–Crippen MR) is 80.0 cm³/mol. The molecule has 2 amide bonds. The summed E-state index contributed by atoms with van der Waals surface area (Å²) in [5.74, 6) is 0.661. The van der Waals surface area contributed by atoms with E-state index in [2.05, 4.69) is 24.5 Å². The van der Waals surface area contributed by atoms with Crippen molar-refractivity contribution in [2.24, 2.45) is 11.7 Å². The molecule has 4 heteroatoms. The van der Waals surface area contributed by atoms with Gasteiger partial charge in [-0.3, -0.25) is 0 Å². The molecule has 0 aliphatic rings. The average molecular weight is 263 g/mol.